The Hall–Kier alpha value is -2.04. The molecule has 0 N–H and O–H groups in total. The van der Waals surface area contributed by atoms with E-state index in [-0.39, 0.29) is 29.8 Å². The molecular weight excluding hydrogens is 316 g/mol. The van der Waals surface area contributed by atoms with Gasteiger partial charge in [-0.2, -0.15) is 0 Å². The molecule has 1 saturated carbocycles. The Labute approximate surface area is 149 Å². The van der Waals surface area contributed by atoms with Crippen molar-refractivity contribution >= 4 is 17.6 Å². The number of amides is 1. The van der Waals surface area contributed by atoms with Crippen LogP contribution in [0.25, 0.3) is 0 Å². The van der Waals surface area contributed by atoms with Crippen LogP contribution < -0.4 is 4.90 Å². The number of hydrogen-bond donors (Lipinski definition) is 0. The first-order valence-electron chi connectivity index (χ1n) is 9.18. The van der Waals surface area contributed by atoms with Crippen LogP contribution in [0.15, 0.2) is 24.3 Å². The van der Waals surface area contributed by atoms with Crippen LogP contribution in [0.2, 0.25) is 0 Å². The van der Waals surface area contributed by atoms with E-state index in [0.717, 1.165) is 44.3 Å². The summed E-state index contributed by atoms with van der Waals surface area (Å²) >= 11 is 0. The minimum Gasteiger partial charge on any atom is -0.469 e. The maximum Gasteiger partial charge on any atom is 0.309 e. The molecule has 3 rings (SSSR count). The first-order chi connectivity index (χ1) is 12.0. The smallest absolute Gasteiger partial charge is 0.309 e. The van der Waals surface area contributed by atoms with Gasteiger partial charge >= 0.3 is 5.97 Å². The molecule has 0 unspecified atom stereocenters. The zero-order chi connectivity index (χ0) is 18.0. The second kappa shape index (κ2) is 7.46. The Morgan fingerprint density at radius 2 is 1.88 bits per heavy atom. The summed E-state index contributed by atoms with van der Waals surface area (Å²) in [6.07, 6.45) is 4.47. The molecule has 1 saturated heterocycles. The van der Waals surface area contributed by atoms with Crippen molar-refractivity contribution < 1.29 is 14.3 Å². The van der Waals surface area contributed by atoms with Crippen LogP contribution in [0.1, 0.15) is 43.7 Å². The highest BCUT2D eigenvalue weighted by molar-refractivity contribution is 5.86. The third kappa shape index (κ3) is 3.51. The number of esters is 1. The number of rotatable bonds is 4. The summed E-state index contributed by atoms with van der Waals surface area (Å²) < 4.78 is 4.92. The molecule has 5 heteroatoms. The zero-order valence-corrected chi connectivity index (χ0v) is 15.4. The summed E-state index contributed by atoms with van der Waals surface area (Å²) in [5, 5.41) is 0. The highest BCUT2D eigenvalue weighted by Gasteiger charge is 2.43. The van der Waals surface area contributed by atoms with Gasteiger partial charge in [0.05, 0.1) is 25.0 Å². The molecule has 3 atom stereocenters. The fraction of sp³-hybridized carbons (Fsp3) is 0.600. The zero-order valence-electron chi connectivity index (χ0n) is 15.4. The van der Waals surface area contributed by atoms with Gasteiger partial charge in [0.1, 0.15) is 0 Å². The number of carbonyl (C=O) groups is 2. The van der Waals surface area contributed by atoms with E-state index in [1.807, 2.05) is 19.0 Å². The number of anilines is 1. The summed E-state index contributed by atoms with van der Waals surface area (Å²) in [4.78, 5) is 29.3. The lowest BCUT2D eigenvalue weighted by Gasteiger charge is -2.30. The van der Waals surface area contributed by atoms with Crippen molar-refractivity contribution in [2.24, 2.45) is 11.8 Å². The Balaban J connectivity index is 1.80. The molecular formula is C20H28N2O3. The van der Waals surface area contributed by atoms with Gasteiger partial charge in [0.15, 0.2) is 0 Å². The summed E-state index contributed by atoms with van der Waals surface area (Å²) in [5.41, 5.74) is 2.33. The van der Waals surface area contributed by atoms with Gasteiger partial charge in [-0.3, -0.25) is 9.59 Å². The van der Waals surface area contributed by atoms with Gasteiger partial charge in [-0.05, 0) is 43.4 Å². The van der Waals surface area contributed by atoms with Crippen molar-refractivity contribution in [1.29, 1.82) is 0 Å². The van der Waals surface area contributed by atoms with Gasteiger partial charge in [-0.25, -0.2) is 0 Å². The van der Waals surface area contributed by atoms with Crippen molar-refractivity contribution in [2.45, 2.75) is 38.1 Å². The standard InChI is InChI=1S/C20H28N2O3/c1-21(2)15-8-4-7-14(13-15)18-11-6-12-22(18)19(23)16-9-5-10-17(16)20(24)25-3/h4,7-8,13,16-18H,5-6,9-12H2,1-3H3/t16-,17+,18-/m0/s1. The summed E-state index contributed by atoms with van der Waals surface area (Å²) in [7, 11) is 5.46. The maximum atomic E-state index is 13.2. The second-order valence-electron chi connectivity index (χ2n) is 7.35. The molecule has 0 aromatic heterocycles. The summed E-state index contributed by atoms with van der Waals surface area (Å²) in [5.74, 6) is -0.594. The molecule has 25 heavy (non-hydrogen) atoms. The first kappa shape index (κ1) is 17.8. The molecule has 1 aromatic carbocycles. The summed E-state index contributed by atoms with van der Waals surface area (Å²) in [6, 6.07) is 8.53. The van der Waals surface area contributed by atoms with Crippen molar-refractivity contribution in [3.8, 4) is 0 Å². The van der Waals surface area contributed by atoms with Gasteiger partial charge < -0.3 is 14.5 Å². The van der Waals surface area contributed by atoms with Gasteiger partial charge in [-0.15, -0.1) is 0 Å². The van der Waals surface area contributed by atoms with E-state index in [1.165, 1.54) is 12.7 Å². The van der Waals surface area contributed by atoms with Crippen LogP contribution >= 0.6 is 0 Å². The van der Waals surface area contributed by atoms with Gasteiger partial charge in [0.2, 0.25) is 5.91 Å². The Bertz CT molecular complexity index is 644. The monoisotopic (exact) mass is 344 g/mol. The van der Waals surface area contributed by atoms with Crippen LogP contribution in [0.4, 0.5) is 5.69 Å². The van der Waals surface area contributed by atoms with Crippen molar-refractivity contribution in [2.75, 3.05) is 32.6 Å². The van der Waals surface area contributed by atoms with Gasteiger partial charge in [0, 0.05) is 26.3 Å². The minimum atomic E-state index is -0.271. The molecule has 0 bridgehead atoms. The van der Waals surface area contributed by atoms with Crippen LogP contribution in [-0.2, 0) is 14.3 Å². The van der Waals surface area contributed by atoms with Crippen LogP contribution in [0.3, 0.4) is 0 Å². The van der Waals surface area contributed by atoms with Gasteiger partial charge in [-0.1, -0.05) is 18.6 Å². The first-order valence-corrected chi connectivity index (χ1v) is 9.18. The molecule has 1 aliphatic heterocycles. The predicted molar refractivity (Wildman–Crippen MR) is 97.3 cm³/mol. The van der Waals surface area contributed by atoms with Crippen molar-refractivity contribution in [1.82, 2.24) is 4.90 Å². The van der Waals surface area contributed by atoms with E-state index in [2.05, 4.69) is 29.2 Å². The topological polar surface area (TPSA) is 49.9 Å². The van der Waals surface area contributed by atoms with E-state index in [4.69, 9.17) is 4.74 Å². The Morgan fingerprint density at radius 1 is 1.12 bits per heavy atom. The average Bonchev–Trinajstić information content (AvgIpc) is 3.29. The molecule has 0 radical (unpaired) electrons. The lowest BCUT2D eigenvalue weighted by atomic mass is 9.93. The van der Waals surface area contributed by atoms with E-state index in [9.17, 15) is 9.59 Å². The fourth-order valence-electron chi connectivity index (χ4n) is 4.29. The summed E-state index contributed by atoms with van der Waals surface area (Å²) in [6.45, 7) is 0.778. The molecule has 1 aromatic rings. The molecule has 136 valence electrons. The van der Waals surface area contributed by atoms with Crippen LogP contribution in [-0.4, -0.2) is 44.5 Å². The third-order valence-corrected chi connectivity index (χ3v) is 5.64. The SMILES string of the molecule is COC(=O)[C@@H]1CCC[C@@H]1C(=O)N1CCC[C@H]1c1cccc(N(C)C)c1. The van der Waals surface area contributed by atoms with Crippen molar-refractivity contribution in [3.63, 3.8) is 0 Å². The number of carbonyl (C=O) groups excluding carboxylic acids is 2. The van der Waals surface area contributed by atoms with Gasteiger partial charge in [0.25, 0.3) is 0 Å². The van der Waals surface area contributed by atoms with E-state index >= 15 is 0 Å². The normalized spacial score (nSPS) is 25.9. The average molecular weight is 344 g/mol. The number of methoxy groups -OCH3 is 1. The molecule has 1 aliphatic carbocycles. The maximum absolute atomic E-state index is 13.2. The Kier molecular flexibility index (Phi) is 5.30. The molecule has 2 aliphatic rings. The largest absolute Gasteiger partial charge is 0.469 e. The highest BCUT2D eigenvalue weighted by Crippen LogP contribution is 2.39. The van der Waals surface area contributed by atoms with Crippen LogP contribution in [0, 0.1) is 11.8 Å². The lowest BCUT2D eigenvalue weighted by molar-refractivity contribution is -0.152. The van der Waals surface area contributed by atoms with E-state index < -0.39 is 0 Å². The van der Waals surface area contributed by atoms with E-state index in [0.29, 0.717) is 0 Å². The van der Waals surface area contributed by atoms with Crippen LogP contribution in [0.5, 0.6) is 0 Å². The highest BCUT2D eigenvalue weighted by atomic mass is 16.5. The third-order valence-electron chi connectivity index (χ3n) is 5.64. The molecule has 0 spiro atoms. The lowest BCUT2D eigenvalue weighted by Crippen LogP contribution is -2.39. The van der Waals surface area contributed by atoms with E-state index in [1.54, 1.807) is 0 Å². The number of nitrogens with zero attached hydrogens (tertiary/aromatic N) is 2. The second-order valence-corrected chi connectivity index (χ2v) is 7.35. The minimum absolute atomic E-state index is 0.117. The molecule has 1 heterocycles. The quantitative estimate of drug-likeness (QED) is 0.788. The number of hydrogen-bond acceptors (Lipinski definition) is 4. The molecule has 5 nitrogen and oxygen atoms in total. The Morgan fingerprint density at radius 3 is 2.60 bits per heavy atom. The van der Waals surface area contributed by atoms with Crippen molar-refractivity contribution in [3.05, 3.63) is 29.8 Å². The molecule has 2 fully saturated rings. The number of ether oxygens (including phenoxy) is 1. The molecule has 1 amide bonds. The number of likely N-dealkylation sites (tertiary alicyclic amines) is 1. The fourth-order valence-corrected chi connectivity index (χ4v) is 4.29. The predicted octanol–water partition coefficient (Wildman–Crippen LogP) is 3.01. The number of benzene rings is 1.